The molecule has 0 bridgehead atoms. The van der Waals surface area contributed by atoms with Crippen LogP contribution in [-0.4, -0.2) is 16.5 Å². The van der Waals surface area contributed by atoms with Crippen LogP contribution in [0.2, 0.25) is 0 Å². The van der Waals surface area contributed by atoms with E-state index in [0.29, 0.717) is 12.5 Å². The summed E-state index contributed by atoms with van der Waals surface area (Å²) in [6.45, 7) is 9.09. The third-order valence-corrected chi connectivity index (χ3v) is 2.97. The molecule has 3 nitrogen and oxygen atoms in total. The summed E-state index contributed by atoms with van der Waals surface area (Å²) >= 11 is 0. The Morgan fingerprint density at radius 2 is 1.75 bits per heavy atom. The fraction of sp³-hybridized carbons (Fsp3) is 0.692. The smallest absolute Gasteiger partial charge is 0.128 e. The van der Waals surface area contributed by atoms with Gasteiger partial charge in [0.25, 0.3) is 0 Å². The van der Waals surface area contributed by atoms with Crippen molar-refractivity contribution >= 4 is 0 Å². The van der Waals surface area contributed by atoms with Crippen molar-refractivity contribution in [2.45, 2.75) is 52.9 Å². The van der Waals surface area contributed by atoms with Gasteiger partial charge in [0.15, 0.2) is 0 Å². The van der Waals surface area contributed by atoms with Gasteiger partial charge in [0.2, 0.25) is 0 Å². The van der Waals surface area contributed by atoms with Crippen molar-refractivity contribution in [3.8, 4) is 0 Å². The van der Waals surface area contributed by atoms with Crippen LogP contribution in [0.15, 0.2) is 0 Å². The van der Waals surface area contributed by atoms with E-state index < -0.39 is 0 Å². The fourth-order valence-electron chi connectivity index (χ4n) is 2.07. The van der Waals surface area contributed by atoms with Crippen LogP contribution in [-0.2, 0) is 6.42 Å². The van der Waals surface area contributed by atoms with E-state index in [0.717, 1.165) is 30.1 Å². The molecule has 0 amide bonds. The highest BCUT2D eigenvalue weighted by molar-refractivity contribution is 5.28. The second kappa shape index (κ2) is 5.94. The molecule has 1 rings (SSSR count). The molecule has 0 aliphatic heterocycles. The average molecular weight is 221 g/mol. The first-order chi connectivity index (χ1) is 7.60. The summed E-state index contributed by atoms with van der Waals surface area (Å²) in [5, 5.41) is 0. The van der Waals surface area contributed by atoms with Gasteiger partial charge in [0.05, 0.1) is 0 Å². The monoisotopic (exact) mass is 221 g/mol. The molecule has 0 aromatic carbocycles. The van der Waals surface area contributed by atoms with Crippen LogP contribution in [0.25, 0.3) is 0 Å². The zero-order valence-electron chi connectivity index (χ0n) is 10.9. The standard InChI is InChI=1S/C13H23N3/c1-5-6-7-12-15-10(3)13(9(2)8-14)11(4)16-12/h9H,5-8,14H2,1-4H3. The van der Waals surface area contributed by atoms with Crippen LogP contribution in [0.1, 0.15) is 55.4 Å². The van der Waals surface area contributed by atoms with Gasteiger partial charge >= 0.3 is 0 Å². The van der Waals surface area contributed by atoms with Crippen LogP contribution in [0.4, 0.5) is 0 Å². The molecule has 90 valence electrons. The summed E-state index contributed by atoms with van der Waals surface area (Å²) in [5.74, 6) is 1.32. The number of aryl methyl sites for hydroxylation is 3. The zero-order valence-corrected chi connectivity index (χ0v) is 10.9. The molecule has 0 saturated heterocycles. The molecule has 0 fully saturated rings. The summed E-state index contributed by atoms with van der Waals surface area (Å²) in [7, 11) is 0. The van der Waals surface area contributed by atoms with E-state index in [1.54, 1.807) is 0 Å². The van der Waals surface area contributed by atoms with Gasteiger partial charge in [-0.1, -0.05) is 20.3 Å². The lowest BCUT2D eigenvalue weighted by atomic mass is 9.98. The van der Waals surface area contributed by atoms with Crippen molar-refractivity contribution in [2.24, 2.45) is 5.73 Å². The molecule has 0 aliphatic carbocycles. The van der Waals surface area contributed by atoms with Crippen molar-refractivity contribution in [1.29, 1.82) is 0 Å². The SMILES string of the molecule is CCCCc1nc(C)c(C(C)CN)c(C)n1. The van der Waals surface area contributed by atoms with Crippen LogP contribution in [0.3, 0.4) is 0 Å². The molecule has 0 saturated carbocycles. The maximum Gasteiger partial charge on any atom is 0.128 e. The van der Waals surface area contributed by atoms with Crippen LogP contribution >= 0.6 is 0 Å². The van der Waals surface area contributed by atoms with Gasteiger partial charge in [-0.2, -0.15) is 0 Å². The lowest BCUT2D eigenvalue weighted by Gasteiger charge is -2.15. The van der Waals surface area contributed by atoms with E-state index in [1.807, 2.05) is 0 Å². The van der Waals surface area contributed by atoms with E-state index >= 15 is 0 Å². The predicted molar refractivity (Wildman–Crippen MR) is 67.6 cm³/mol. The second-order valence-electron chi connectivity index (χ2n) is 4.46. The van der Waals surface area contributed by atoms with Gasteiger partial charge in [-0.3, -0.25) is 0 Å². The maximum atomic E-state index is 5.70. The summed E-state index contributed by atoms with van der Waals surface area (Å²) in [5.41, 5.74) is 9.12. The minimum Gasteiger partial charge on any atom is -0.330 e. The molecule has 1 atom stereocenters. The molecular formula is C13H23N3. The molecule has 0 radical (unpaired) electrons. The number of unbranched alkanes of at least 4 members (excludes halogenated alkanes) is 1. The minimum atomic E-state index is 0.347. The maximum absolute atomic E-state index is 5.70. The van der Waals surface area contributed by atoms with Crippen LogP contribution in [0, 0.1) is 13.8 Å². The first-order valence-corrected chi connectivity index (χ1v) is 6.14. The molecule has 1 aromatic heterocycles. The van der Waals surface area contributed by atoms with E-state index in [9.17, 15) is 0 Å². The third-order valence-electron chi connectivity index (χ3n) is 2.97. The predicted octanol–water partition coefficient (Wildman–Crippen LogP) is 2.50. The van der Waals surface area contributed by atoms with Crippen LogP contribution < -0.4 is 5.73 Å². The molecular weight excluding hydrogens is 198 g/mol. The minimum absolute atomic E-state index is 0.347. The highest BCUT2D eigenvalue weighted by Gasteiger charge is 2.13. The largest absolute Gasteiger partial charge is 0.330 e. The van der Waals surface area contributed by atoms with Crippen molar-refractivity contribution < 1.29 is 0 Å². The Hall–Kier alpha value is -0.960. The van der Waals surface area contributed by atoms with Crippen molar-refractivity contribution in [1.82, 2.24) is 9.97 Å². The van der Waals surface area contributed by atoms with Crippen LogP contribution in [0.5, 0.6) is 0 Å². The molecule has 16 heavy (non-hydrogen) atoms. The Bertz CT molecular complexity index is 324. The Kier molecular flexibility index (Phi) is 4.87. The van der Waals surface area contributed by atoms with Gasteiger partial charge < -0.3 is 5.73 Å². The Morgan fingerprint density at radius 1 is 1.19 bits per heavy atom. The van der Waals surface area contributed by atoms with Crippen molar-refractivity contribution in [3.63, 3.8) is 0 Å². The summed E-state index contributed by atoms with van der Waals surface area (Å²) in [6.07, 6.45) is 3.32. The lowest BCUT2D eigenvalue weighted by Crippen LogP contribution is -2.14. The normalized spacial score (nSPS) is 12.8. The first kappa shape index (κ1) is 13.1. The Labute approximate surface area is 98.5 Å². The fourth-order valence-corrected chi connectivity index (χ4v) is 2.07. The average Bonchev–Trinajstić information content (AvgIpc) is 2.25. The zero-order chi connectivity index (χ0) is 12.1. The van der Waals surface area contributed by atoms with Gasteiger partial charge in [-0.15, -0.1) is 0 Å². The van der Waals surface area contributed by atoms with E-state index in [1.165, 1.54) is 12.0 Å². The molecule has 1 unspecified atom stereocenters. The van der Waals surface area contributed by atoms with Crippen molar-refractivity contribution in [2.75, 3.05) is 6.54 Å². The van der Waals surface area contributed by atoms with Gasteiger partial charge in [0.1, 0.15) is 5.82 Å². The molecule has 0 spiro atoms. The van der Waals surface area contributed by atoms with E-state index in [4.69, 9.17) is 5.73 Å². The quantitative estimate of drug-likeness (QED) is 0.831. The summed E-state index contributed by atoms with van der Waals surface area (Å²) in [4.78, 5) is 9.15. The summed E-state index contributed by atoms with van der Waals surface area (Å²) in [6, 6.07) is 0. The van der Waals surface area contributed by atoms with Gasteiger partial charge in [-0.25, -0.2) is 9.97 Å². The van der Waals surface area contributed by atoms with Gasteiger partial charge in [-0.05, 0) is 38.3 Å². The van der Waals surface area contributed by atoms with E-state index in [2.05, 4.69) is 37.7 Å². The number of rotatable bonds is 5. The first-order valence-electron chi connectivity index (χ1n) is 6.14. The molecule has 1 aromatic rings. The van der Waals surface area contributed by atoms with E-state index in [-0.39, 0.29) is 0 Å². The van der Waals surface area contributed by atoms with Crippen molar-refractivity contribution in [3.05, 3.63) is 22.8 Å². The summed E-state index contributed by atoms with van der Waals surface area (Å²) < 4.78 is 0. The number of nitrogens with zero attached hydrogens (tertiary/aromatic N) is 2. The molecule has 3 heteroatoms. The number of aromatic nitrogens is 2. The third kappa shape index (κ3) is 3.01. The highest BCUT2D eigenvalue weighted by atomic mass is 14.9. The topological polar surface area (TPSA) is 51.8 Å². The molecule has 2 N–H and O–H groups in total. The number of hydrogen-bond acceptors (Lipinski definition) is 3. The Morgan fingerprint density at radius 3 is 2.19 bits per heavy atom. The number of nitrogens with two attached hydrogens (primary N) is 1. The van der Waals surface area contributed by atoms with Gasteiger partial charge in [0, 0.05) is 17.8 Å². The molecule has 1 heterocycles. The number of hydrogen-bond donors (Lipinski definition) is 1. The highest BCUT2D eigenvalue weighted by Crippen LogP contribution is 2.20. The Balaban J connectivity index is 2.98. The molecule has 0 aliphatic rings. The second-order valence-corrected chi connectivity index (χ2v) is 4.46. The lowest BCUT2D eigenvalue weighted by molar-refractivity contribution is 0.707.